The molecule has 0 amide bonds. The molecule has 0 atom stereocenters. The molecule has 0 saturated carbocycles. The van der Waals surface area contributed by atoms with Crippen LogP contribution in [0.4, 0.5) is 13.2 Å². The van der Waals surface area contributed by atoms with Gasteiger partial charge in [-0.05, 0) is 24.3 Å². The highest BCUT2D eigenvalue weighted by atomic mass is 19.4. The average molecular weight is 367 g/mol. The van der Waals surface area contributed by atoms with Gasteiger partial charge in [-0.2, -0.15) is 18.6 Å². The van der Waals surface area contributed by atoms with Crippen molar-refractivity contribution in [1.82, 2.24) is 0 Å². The van der Waals surface area contributed by atoms with Gasteiger partial charge in [-0.1, -0.05) is 68.9 Å². The van der Waals surface area contributed by atoms with Crippen LogP contribution in [0, 0.1) is 11.7 Å². The number of fused-ring (bicyclic) bond motifs is 2. The van der Waals surface area contributed by atoms with Crippen LogP contribution in [-0.4, -0.2) is 6.15 Å². The van der Waals surface area contributed by atoms with E-state index < -0.39 is 17.9 Å². The maximum absolute atomic E-state index is 12.8. The normalized spacial score (nSPS) is 27.5. The molecule has 0 nitrogen and oxygen atoms in total. The lowest BCUT2D eigenvalue weighted by Crippen LogP contribution is -2.58. The zero-order valence-corrected chi connectivity index (χ0v) is 15.3. The summed E-state index contributed by atoms with van der Waals surface area (Å²) >= 11 is 0. The summed E-state index contributed by atoms with van der Waals surface area (Å²) in [6.45, 7) is 0. The molecule has 2 aliphatic rings. The maximum atomic E-state index is 12.8. The lowest BCUT2D eigenvalue weighted by molar-refractivity contribution is -0.137. The van der Waals surface area contributed by atoms with Crippen LogP contribution >= 0.6 is 0 Å². The fraction of sp³-hybridized carbons (Fsp3) is 0.391. The monoisotopic (exact) mass is 367 g/mol. The van der Waals surface area contributed by atoms with E-state index >= 15 is 0 Å². The third kappa shape index (κ3) is 3.40. The van der Waals surface area contributed by atoms with E-state index in [1.807, 2.05) is 6.07 Å². The van der Waals surface area contributed by atoms with E-state index in [2.05, 4.69) is 36.0 Å². The van der Waals surface area contributed by atoms with Crippen LogP contribution in [0.15, 0.2) is 54.6 Å². The molecule has 0 unspecified atom stereocenters. The molecule has 4 heteroatoms. The lowest BCUT2D eigenvalue weighted by atomic mass is 9.07. The Morgan fingerprint density at radius 2 is 1.33 bits per heavy atom. The van der Waals surface area contributed by atoms with Gasteiger partial charge in [0.2, 0.25) is 0 Å². The molecule has 2 heterocycles. The highest BCUT2D eigenvalue weighted by Gasteiger charge is 2.43. The Bertz CT molecular complexity index is 821. The van der Waals surface area contributed by atoms with Crippen molar-refractivity contribution in [2.75, 3.05) is 0 Å². The van der Waals surface area contributed by atoms with E-state index in [1.165, 1.54) is 56.1 Å². The molecule has 2 aromatic carbocycles. The molecule has 2 aliphatic heterocycles. The highest BCUT2D eigenvalue weighted by Crippen LogP contribution is 2.52. The number of hydrogen-bond acceptors (Lipinski definition) is 0. The Hall–Kier alpha value is -2.15. The molecule has 0 aliphatic carbocycles. The van der Waals surface area contributed by atoms with Crippen molar-refractivity contribution in [3.63, 3.8) is 0 Å². The fourth-order valence-electron chi connectivity index (χ4n) is 5.59. The van der Waals surface area contributed by atoms with Gasteiger partial charge in [0.25, 0.3) is 0 Å². The zero-order chi connectivity index (χ0) is 18.9. The van der Waals surface area contributed by atoms with E-state index in [0.29, 0.717) is 17.2 Å². The maximum Gasteiger partial charge on any atom is 0.416 e. The predicted octanol–water partition coefficient (Wildman–Crippen LogP) is 6.06. The summed E-state index contributed by atoms with van der Waals surface area (Å²) in [5.41, 5.74) is 1.39. The first-order valence-corrected chi connectivity index (χ1v) is 9.93. The van der Waals surface area contributed by atoms with Gasteiger partial charge in [-0.15, -0.1) is 17.6 Å². The third-order valence-corrected chi connectivity index (χ3v) is 6.81. The second-order valence-electron chi connectivity index (χ2n) is 8.14. The van der Waals surface area contributed by atoms with Gasteiger partial charge < -0.3 is 5.82 Å². The van der Waals surface area contributed by atoms with Crippen molar-refractivity contribution < 1.29 is 13.2 Å². The summed E-state index contributed by atoms with van der Waals surface area (Å²) in [7, 11) is 0. The first-order valence-electron chi connectivity index (χ1n) is 9.93. The summed E-state index contributed by atoms with van der Waals surface area (Å²) in [4.78, 5) is 0. The Morgan fingerprint density at radius 1 is 0.778 bits per heavy atom. The molecule has 0 spiro atoms. The number of halogens is 3. The number of alkyl halides is 3. The van der Waals surface area contributed by atoms with Gasteiger partial charge in [0.05, 0.1) is 5.56 Å². The number of hydrogen-bond donors (Lipinski definition) is 0. The van der Waals surface area contributed by atoms with Crippen LogP contribution in [0.1, 0.15) is 49.7 Å². The van der Waals surface area contributed by atoms with Crippen molar-refractivity contribution in [2.24, 2.45) is 0 Å². The van der Waals surface area contributed by atoms with E-state index in [4.69, 9.17) is 0 Å². The molecule has 2 aromatic rings. The van der Waals surface area contributed by atoms with Crippen LogP contribution in [0.3, 0.4) is 0 Å². The zero-order valence-electron chi connectivity index (χ0n) is 15.3. The minimum Gasteiger partial charge on any atom is -0.303 e. The minimum atomic E-state index is -4.30. The highest BCUT2D eigenvalue weighted by molar-refractivity contribution is 7.00. The van der Waals surface area contributed by atoms with Gasteiger partial charge in [0.1, 0.15) is 6.15 Å². The predicted molar refractivity (Wildman–Crippen MR) is 105 cm³/mol. The van der Waals surface area contributed by atoms with Crippen LogP contribution < -0.4 is 5.46 Å². The van der Waals surface area contributed by atoms with Crippen LogP contribution in [0.2, 0.25) is 11.6 Å². The largest absolute Gasteiger partial charge is 0.416 e. The van der Waals surface area contributed by atoms with Gasteiger partial charge in [-0.25, -0.2) is 0 Å². The van der Waals surface area contributed by atoms with Crippen LogP contribution in [0.25, 0.3) is 0 Å². The smallest absolute Gasteiger partial charge is 0.303 e. The van der Waals surface area contributed by atoms with Gasteiger partial charge in [0, 0.05) is 5.56 Å². The van der Waals surface area contributed by atoms with Crippen LogP contribution in [-0.2, 0) is 6.18 Å². The first kappa shape index (κ1) is 18.2. The van der Waals surface area contributed by atoms with Crippen molar-refractivity contribution in [2.45, 2.75) is 56.3 Å². The van der Waals surface area contributed by atoms with E-state index in [9.17, 15) is 13.2 Å². The van der Waals surface area contributed by atoms with Gasteiger partial charge in [-0.3, -0.25) is 0 Å². The number of benzene rings is 2. The molecular formula is C23H23BF3-. The van der Waals surface area contributed by atoms with E-state index in [1.54, 1.807) is 0 Å². The summed E-state index contributed by atoms with van der Waals surface area (Å²) in [5, 5.41) is 0. The molecule has 0 radical (unpaired) electrons. The summed E-state index contributed by atoms with van der Waals surface area (Å²) in [6.07, 6.45) is 2.10. The molecule has 0 N–H and O–H groups in total. The summed E-state index contributed by atoms with van der Waals surface area (Å²) in [6, 6.07) is 15.9. The minimum absolute atomic E-state index is 0.599. The molecule has 0 aromatic heterocycles. The standard InChI is InChI=1S/C23H23BF3/c25-23(26,27)19-14-12-18(13-15-19)16-17-24(20-6-2-1-3-7-20)21-8-4-9-22(24)11-5-10-21/h1-3,6-7,12-15,21-22H,4-5,8-11H2/q-1. The van der Waals surface area contributed by atoms with Crippen LogP contribution in [0.5, 0.6) is 0 Å². The topological polar surface area (TPSA) is 0 Å². The molecule has 2 saturated heterocycles. The molecule has 140 valence electrons. The second kappa shape index (κ2) is 7.11. The Labute approximate surface area is 159 Å². The van der Waals surface area contributed by atoms with E-state index in [0.717, 1.165) is 12.1 Å². The molecule has 2 fully saturated rings. The van der Waals surface area contributed by atoms with Gasteiger partial charge in [0.15, 0.2) is 0 Å². The summed E-state index contributed by atoms with van der Waals surface area (Å²) < 4.78 is 38.4. The summed E-state index contributed by atoms with van der Waals surface area (Å²) in [5.74, 6) is 8.13. The van der Waals surface area contributed by atoms with Crippen molar-refractivity contribution in [3.05, 3.63) is 65.7 Å². The van der Waals surface area contributed by atoms with Crippen molar-refractivity contribution in [3.8, 4) is 11.7 Å². The first-order chi connectivity index (χ1) is 13.0. The quantitative estimate of drug-likeness (QED) is 0.425. The average Bonchev–Trinajstić information content (AvgIpc) is 2.66. The Kier molecular flexibility index (Phi) is 4.80. The second-order valence-corrected chi connectivity index (χ2v) is 8.14. The van der Waals surface area contributed by atoms with Gasteiger partial charge >= 0.3 is 6.18 Å². The molecule has 4 rings (SSSR count). The van der Waals surface area contributed by atoms with E-state index in [-0.39, 0.29) is 0 Å². The SMILES string of the molecule is FC(F)(F)c1ccc(C#C[B-]2(c3ccccc3)C3CCCC2CCC3)cc1. The van der Waals surface area contributed by atoms with Crippen molar-refractivity contribution in [1.29, 1.82) is 0 Å². The lowest BCUT2D eigenvalue weighted by Gasteiger charge is -2.57. The molecular weight excluding hydrogens is 344 g/mol. The fourth-order valence-corrected chi connectivity index (χ4v) is 5.59. The Morgan fingerprint density at radius 3 is 1.85 bits per heavy atom. The number of rotatable bonds is 1. The Balaban J connectivity index is 1.75. The molecule has 27 heavy (non-hydrogen) atoms. The molecule has 2 bridgehead atoms. The third-order valence-electron chi connectivity index (χ3n) is 6.81. The van der Waals surface area contributed by atoms with Crippen molar-refractivity contribution >= 4 is 11.6 Å².